The number of pyridine rings is 1. The number of hydrogen-bond acceptors (Lipinski definition) is 5. The summed E-state index contributed by atoms with van der Waals surface area (Å²) in [6, 6.07) is 2.43. The third-order valence-corrected chi connectivity index (χ3v) is 4.29. The summed E-state index contributed by atoms with van der Waals surface area (Å²) in [5.74, 6) is -0.000529. The lowest BCUT2D eigenvalue weighted by Gasteiger charge is -2.20. The van der Waals surface area contributed by atoms with E-state index in [0.717, 1.165) is 12.3 Å². The number of benzene rings is 1. The number of rotatable bonds is 5. The summed E-state index contributed by atoms with van der Waals surface area (Å²) in [7, 11) is 0. The molecule has 0 aliphatic carbocycles. The first-order chi connectivity index (χ1) is 15.0. The predicted molar refractivity (Wildman–Crippen MR) is 107 cm³/mol. The lowest BCUT2D eigenvalue weighted by atomic mass is 10.0. The third-order valence-electron chi connectivity index (χ3n) is 4.29. The van der Waals surface area contributed by atoms with E-state index in [2.05, 4.69) is 30.6 Å². The molecule has 0 spiro atoms. The smallest absolute Gasteiger partial charge is 0.360 e. The number of nitrogens with one attached hydrogen (secondary N) is 3. The van der Waals surface area contributed by atoms with Gasteiger partial charge in [0.05, 0.1) is 17.2 Å². The van der Waals surface area contributed by atoms with Gasteiger partial charge in [-0.2, -0.15) is 26.3 Å². The van der Waals surface area contributed by atoms with Crippen LogP contribution in [0.25, 0.3) is 10.8 Å². The van der Waals surface area contributed by atoms with Gasteiger partial charge >= 0.3 is 12.4 Å². The predicted octanol–water partition coefficient (Wildman–Crippen LogP) is 4.98. The van der Waals surface area contributed by atoms with Crippen LogP contribution < -0.4 is 10.6 Å². The molecule has 0 saturated heterocycles. The van der Waals surface area contributed by atoms with E-state index in [4.69, 9.17) is 5.41 Å². The zero-order valence-electron chi connectivity index (χ0n) is 16.3. The van der Waals surface area contributed by atoms with Crippen molar-refractivity contribution in [3.8, 4) is 0 Å². The molecule has 0 bridgehead atoms. The molecule has 32 heavy (non-hydrogen) atoms. The summed E-state index contributed by atoms with van der Waals surface area (Å²) >= 11 is 0. The van der Waals surface area contributed by atoms with Crippen molar-refractivity contribution in [2.24, 2.45) is 4.99 Å². The fraction of sp³-hybridized carbons (Fsp3) is 0.211. The number of halogens is 6. The topological polar surface area (TPSA) is 98.9 Å². The molecule has 1 atom stereocenters. The van der Waals surface area contributed by atoms with E-state index in [1.165, 1.54) is 19.3 Å². The second kappa shape index (κ2) is 8.77. The van der Waals surface area contributed by atoms with Gasteiger partial charge in [0, 0.05) is 24.0 Å². The lowest BCUT2D eigenvalue weighted by molar-refractivity contribution is -0.142. The Balaban J connectivity index is 2.06. The fourth-order valence-electron chi connectivity index (χ4n) is 2.87. The number of alkyl halides is 6. The molecule has 1 aromatic carbocycles. The number of nitrogens with zero attached hydrogens (tertiary/aromatic N) is 4. The number of anilines is 2. The molecule has 168 valence electrons. The summed E-state index contributed by atoms with van der Waals surface area (Å²) < 4.78 is 80.2. The second-order valence-electron chi connectivity index (χ2n) is 6.48. The molecule has 0 amide bonds. The van der Waals surface area contributed by atoms with Gasteiger partial charge < -0.3 is 10.6 Å². The first-order valence-corrected chi connectivity index (χ1v) is 8.95. The Morgan fingerprint density at radius 2 is 1.69 bits per heavy atom. The zero-order valence-corrected chi connectivity index (χ0v) is 16.3. The van der Waals surface area contributed by atoms with Crippen LogP contribution in [0, 0.1) is 5.41 Å². The summed E-state index contributed by atoms with van der Waals surface area (Å²) in [4.78, 5) is 15.6. The molecule has 3 N–H and O–H groups in total. The molecule has 13 heteroatoms. The number of aromatic nitrogens is 3. The van der Waals surface area contributed by atoms with Crippen molar-refractivity contribution in [1.29, 1.82) is 5.41 Å². The summed E-state index contributed by atoms with van der Waals surface area (Å²) in [6.45, 7) is 1.52. The van der Waals surface area contributed by atoms with Crippen LogP contribution in [0.2, 0.25) is 0 Å². The molecule has 3 rings (SSSR count). The van der Waals surface area contributed by atoms with E-state index in [1.54, 1.807) is 6.07 Å². The average molecular weight is 455 g/mol. The Morgan fingerprint density at radius 1 is 1.00 bits per heavy atom. The summed E-state index contributed by atoms with van der Waals surface area (Å²) in [5, 5.41) is 11.9. The van der Waals surface area contributed by atoms with Gasteiger partial charge in [-0.3, -0.25) is 5.41 Å². The SMILES string of the molecule is CC(Nc1nccc2c(C(F)(F)F)cc(C(F)(F)F)cc12)/C(=N/C=N)Nc1ncccn1. The maximum absolute atomic E-state index is 13.5. The Bertz CT molecular complexity index is 1140. The number of aliphatic imine (C=N–C) groups is 1. The molecule has 2 aromatic heterocycles. The average Bonchev–Trinajstić information content (AvgIpc) is 2.72. The van der Waals surface area contributed by atoms with Gasteiger partial charge in [-0.25, -0.2) is 19.9 Å². The molecule has 0 saturated carbocycles. The highest BCUT2D eigenvalue weighted by molar-refractivity contribution is 6.04. The molecule has 7 nitrogen and oxygen atoms in total. The fourth-order valence-corrected chi connectivity index (χ4v) is 2.87. The lowest BCUT2D eigenvalue weighted by Crippen LogP contribution is -2.33. The normalized spacial score (nSPS) is 13.7. The van der Waals surface area contributed by atoms with Gasteiger partial charge in [0.1, 0.15) is 18.0 Å². The van der Waals surface area contributed by atoms with Crippen molar-refractivity contribution in [2.75, 3.05) is 10.6 Å². The van der Waals surface area contributed by atoms with Gasteiger partial charge in [-0.15, -0.1) is 0 Å². The van der Waals surface area contributed by atoms with Crippen LogP contribution in [0.15, 0.2) is 47.8 Å². The summed E-state index contributed by atoms with van der Waals surface area (Å²) in [5.41, 5.74) is -2.88. The van der Waals surface area contributed by atoms with E-state index in [9.17, 15) is 26.3 Å². The van der Waals surface area contributed by atoms with Crippen LogP contribution in [0.5, 0.6) is 0 Å². The van der Waals surface area contributed by atoms with Crippen molar-refractivity contribution in [1.82, 2.24) is 15.0 Å². The van der Waals surface area contributed by atoms with Crippen molar-refractivity contribution in [2.45, 2.75) is 25.3 Å². The van der Waals surface area contributed by atoms with E-state index in [-0.39, 0.29) is 29.1 Å². The quantitative estimate of drug-likeness (QED) is 0.286. The first kappa shape index (κ1) is 22.9. The maximum atomic E-state index is 13.5. The largest absolute Gasteiger partial charge is 0.417 e. The summed E-state index contributed by atoms with van der Waals surface area (Å²) in [6.07, 6.45) is -5.35. The van der Waals surface area contributed by atoms with Crippen molar-refractivity contribution >= 4 is 34.7 Å². The van der Waals surface area contributed by atoms with Crippen molar-refractivity contribution in [3.63, 3.8) is 0 Å². The van der Waals surface area contributed by atoms with Crippen LogP contribution in [0.4, 0.5) is 38.1 Å². The number of amidine groups is 1. The minimum atomic E-state index is -5.01. The third kappa shape index (κ3) is 5.10. The van der Waals surface area contributed by atoms with Gasteiger partial charge in [-0.05, 0) is 36.6 Å². The van der Waals surface area contributed by atoms with Crippen molar-refractivity contribution in [3.05, 3.63) is 54.0 Å². The van der Waals surface area contributed by atoms with Crippen LogP contribution in [-0.2, 0) is 12.4 Å². The highest BCUT2D eigenvalue weighted by atomic mass is 19.4. The number of hydrogen-bond donors (Lipinski definition) is 3. The molecule has 1 unspecified atom stereocenters. The highest BCUT2D eigenvalue weighted by Crippen LogP contribution is 2.41. The van der Waals surface area contributed by atoms with Crippen LogP contribution in [0.1, 0.15) is 18.1 Å². The minimum absolute atomic E-state index is 0.0752. The highest BCUT2D eigenvalue weighted by Gasteiger charge is 2.38. The maximum Gasteiger partial charge on any atom is 0.417 e. The molecule has 2 heterocycles. The molecule has 0 aliphatic rings. The monoisotopic (exact) mass is 455 g/mol. The standard InChI is InChI=1S/C19H15F6N7/c1-10(15(30-9-26)32-17-28-4-2-5-29-17)31-16-13-7-11(18(20,21)22)8-14(19(23,24)25)12(13)3-6-27-16/h2-10H,1H3,(H,27,31)(H2,26,28,29,30,32). The van der Waals surface area contributed by atoms with E-state index < -0.39 is 34.9 Å². The second-order valence-corrected chi connectivity index (χ2v) is 6.48. The Labute approximate surface area is 177 Å². The van der Waals surface area contributed by atoms with Crippen molar-refractivity contribution < 1.29 is 26.3 Å². The van der Waals surface area contributed by atoms with Gasteiger partial charge in [-0.1, -0.05) is 0 Å². The van der Waals surface area contributed by atoms with Gasteiger partial charge in [0.15, 0.2) is 0 Å². The Kier molecular flexibility index (Phi) is 6.27. The van der Waals surface area contributed by atoms with Gasteiger partial charge in [0.2, 0.25) is 5.95 Å². The molecule has 0 radical (unpaired) electrons. The molecule has 0 fully saturated rings. The van der Waals surface area contributed by atoms with Gasteiger partial charge in [0.25, 0.3) is 0 Å². The van der Waals surface area contributed by atoms with Crippen LogP contribution in [0.3, 0.4) is 0 Å². The molecular weight excluding hydrogens is 440 g/mol. The zero-order chi connectivity index (χ0) is 23.5. The van der Waals surface area contributed by atoms with Crippen LogP contribution >= 0.6 is 0 Å². The first-order valence-electron chi connectivity index (χ1n) is 8.95. The van der Waals surface area contributed by atoms with E-state index in [1.807, 2.05) is 0 Å². The molecule has 0 aliphatic heterocycles. The molecular formula is C19H15F6N7. The van der Waals surface area contributed by atoms with Crippen LogP contribution in [-0.4, -0.2) is 33.2 Å². The molecule has 3 aromatic rings. The van der Waals surface area contributed by atoms with E-state index >= 15 is 0 Å². The van der Waals surface area contributed by atoms with E-state index in [0.29, 0.717) is 12.4 Å². The Morgan fingerprint density at radius 3 is 2.28 bits per heavy atom. The minimum Gasteiger partial charge on any atom is -0.360 e. The number of fused-ring (bicyclic) bond motifs is 1. The Hall–Kier alpha value is -3.77.